The maximum atomic E-state index is 12.4. The van der Waals surface area contributed by atoms with E-state index in [2.05, 4.69) is 15.5 Å². The Labute approximate surface area is 169 Å². The van der Waals surface area contributed by atoms with E-state index in [1.807, 2.05) is 12.1 Å². The Morgan fingerprint density at radius 3 is 2.44 bits per heavy atom. The third kappa shape index (κ3) is 3.76. The number of nitrogens with zero attached hydrogens (tertiary/aromatic N) is 3. The van der Waals surface area contributed by atoms with Crippen LogP contribution in [0.25, 0.3) is 16.7 Å². The molecule has 1 N–H and O–H groups in total. The standard InChI is InChI=1S/C19H11Cl3N4O/c20-12-2-1-3-14(9-12)26-24-17-7-5-13(10-18(17)25-26)23-19(27)11-4-6-15(21)16(22)8-11/h1-10H,(H,23,27). The minimum absolute atomic E-state index is 0.296. The molecule has 0 aliphatic rings. The predicted molar refractivity (Wildman–Crippen MR) is 108 cm³/mol. The molecule has 3 aromatic carbocycles. The fourth-order valence-corrected chi connectivity index (χ4v) is 3.03. The summed E-state index contributed by atoms with van der Waals surface area (Å²) < 4.78 is 0. The molecule has 0 saturated heterocycles. The van der Waals surface area contributed by atoms with E-state index in [0.29, 0.717) is 37.4 Å². The van der Waals surface area contributed by atoms with E-state index >= 15 is 0 Å². The second kappa shape index (κ2) is 7.19. The Hall–Kier alpha value is -2.60. The van der Waals surface area contributed by atoms with Crippen LogP contribution in [0.5, 0.6) is 0 Å². The number of halogens is 3. The molecular weight excluding hydrogens is 407 g/mol. The number of carbonyl (C=O) groups is 1. The topological polar surface area (TPSA) is 59.8 Å². The SMILES string of the molecule is O=C(Nc1ccc2nn(-c3cccc(Cl)c3)nc2c1)c1ccc(Cl)c(Cl)c1. The van der Waals surface area contributed by atoms with Gasteiger partial charge in [0.15, 0.2) is 0 Å². The molecule has 4 rings (SSSR count). The van der Waals surface area contributed by atoms with Crippen molar-refractivity contribution in [1.82, 2.24) is 15.0 Å². The summed E-state index contributed by atoms with van der Waals surface area (Å²) >= 11 is 17.9. The second-order valence-corrected chi connectivity index (χ2v) is 7.01. The van der Waals surface area contributed by atoms with Crippen molar-refractivity contribution in [2.24, 2.45) is 0 Å². The summed E-state index contributed by atoms with van der Waals surface area (Å²) in [5.41, 5.74) is 3.09. The summed E-state index contributed by atoms with van der Waals surface area (Å²) in [6.07, 6.45) is 0. The molecule has 0 spiro atoms. The molecule has 8 heteroatoms. The first-order valence-corrected chi connectivity index (χ1v) is 9.02. The zero-order valence-corrected chi connectivity index (χ0v) is 15.9. The first kappa shape index (κ1) is 17.8. The third-order valence-corrected chi connectivity index (χ3v) is 4.83. The molecule has 134 valence electrons. The molecule has 0 saturated carbocycles. The first-order valence-electron chi connectivity index (χ1n) is 7.89. The van der Waals surface area contributed by atoms with Crippen LogP contribution in [-0.4, -0.2) is 20.9 Å². The Kier molecular flexibility index (Phi) is 4.74. The highest BCUT2D eigenvalue weighted by Crippen LogP contribution is 2.24. The van der Waals surface area contributed by atoms with Crippen molar-refractivity contribution >= 4 is 57.4 Å². The molecule has 0 atom stereocenters. The molecule has 0 bridgehead atoms. The van der Waals surface area contributed by atoms with Gasteiger partial charge >= 0.3 is 0 Å². The van der Waals surface area contributed by atoms with Gasteiger partial charge in [0, 0.05) is 16.3 Å². The van der Waals surface area contributed by atoms with Crippen molar-refractivity contribution in [3.8, 4) is 5.69 Å². The largest absolute Gasteiger partial charge is 0.322 e. The molecule has 0 aliphatic carbocycles. The number of amides is 1. The third-order valence-electron chi connectivity index (χ3n) is 3.86. The van der Waals surface area contributed by atoms with Crippen molar-refractivity contribution < 1.29 is 4.79 Å². The number of aromatic nitrogens is 3. The smallest absolute Gasteiger partial charge is 0.255 e. The molecule has 27 heavy (non-hydrogen) atoms. The van der Waals surface area contributed by atoms with E-state index in [1.54, 1.807) is 42.5 Å². The van der Waals surface area contributed by atoms with Gasteiger partial charge in [-0.15, -0.1) is 10.2 Å². The molecule has 1 aromatic heterocycles. The van der Waals surface area contributed by atoms with Gasteiger partial charge in [-0.1, -0.05) is 40.9 Å². The highest BCUT2D eigenvalue weighted by atomic mass is 35.5. The van der Waals surface area contributed by atoms with Crippen LogP contribution in [0.2, 0.25) is 15.1 Å². The number of nitrogens with one attached hydrogen (secondary N) is 1. The zero-order valence-electron chi connectivity index (χ0n) is 13.7. The summed E-state index contributed by atoms with van der Waals surface area (Å²) in [6, 6.07) is 17.2. The molecule has 0 unspecified atom stereocenters. The van der Waals surface area contributed by atoms with Gasteiger partial charge in [0.25, 0.3) is 5.91 Å². The van der Waals surface area contributed by atoms with Gasteiger partial charge in [-0.25, -0.2) is 0 Å². The lowest BCUT2D eigenvalue weighted by Gasteiger charge is -2.06. The summed E-state index contributed by atoms with van der Waals surface area (Å²) in [7, 11) is 0. The molecule has 0 aliphatic heterocycles. The predicted octanol–water partition coefficient (Wildman–Crippen LogP) is 5.63. The van der Waals surface area contributed by atoms with Crippen molar-refractivity contribution in [3.05, 3.63) is 81.3 Å². The van der Waals surface area contributed by atoms with E-state index in [-0.39, 0.29) is 5.91 Å². The number of rotatable bonds is 3. The monoisotopic (exact) mass is 416 g/mol. The second-order valence-electron chi connectivity index (χ2n) is 5.76. The first-order chi connectivity index (χ1) is 13.0. The summed E-state index contributed by atoms with van der Waals surface area (Å²) in [5.74, 6) is -0.296. The Bertz CT molecular complexity index is 1170. The van der Waals surface area contributed by atoms with E-state index < -0.39 is 0 Å². The van der Waals surface area contributed by atoms with Crippen LogP contribution in [0.3, 0.4) is 0 Å². The van der Waals surface area contributed by atoms with Crippen LogP contribution < -0.4 is 5.32 Å². The maximum absolute atomic E-state index is 12.4. The molecule has 1 heterocycles. The zero-order chi connectivity index (χ0) is 19.0. The van der Waals surface area contributed by atoms with Crippen LogP contribution in [0.1, 0.15) is 10.4 Å². The molecule has 5 nitrogen and oxygen atoms in total. The highest BCUT2D eigenvalue weighted by molar-refractivity contribution is 6.42. The van der Waals surface area contributed by atoms with E-state index in [4.69, 9.17) is 34.8 Å². The van der Waals surface area contributed by atoms with E-state index in [0.717, 1.165) is 5.69 Å². The van der Waals surface area contributed by atoms with Gasteiger partial charge < -0.3 is 5.32 Å². The van der Waals surface area contributed by atoms with Gasteiger partial charge in [0.05, 0.1) is 15.7 Å². The number of anilines is 1. The van der Waals surface area contributed by atoms with Gasteiger partial charge in [-0.05, 0) is 54.6 Å². The summed E-state index contributed by atoms with van der Waals surface area (Å²) in [6.45, 7) is 0. The number of fused-ring (bicyclic) bond motifs is 1. The Morgan fingerprint density at radius 2 is 1.67 bits per heavy atom. The fourth-order valence-electron chi connectivity index (χ4n) is 2.55. The lowest BCUT2D eigenvalue weighted by molar-refractivity contribution is 0.102. The minimum atomic E-state index is -0.296. The van der Waals surface area contributed by atoms with E-state index in [1.165, 1.54) is 10.9 Å². The number of benzene rings is 3. The van der Waals surface area contributed by atoms with Crippen LogP contribution >= 0.6 is 34.8 Å². The quantitative estimate of drug-likeness (QED) is 0.470. The lowest BCUT2D eigenvalue weighted by atomic mass is 10.2. The van der Waals surface area contributed by atoms with Gasteiger partial charge in [0.2, 0.25) is 0 Å². The summed E-state index contributed by atoms with van der Waals surface area (Å²) in [5, 5.41) is 13.0. The number of hydrogen-bond donors (Lipinski definition) is 1. The van der Waals surface area contributed by atoms with Crippen molar-refractivity contribution in [3.63, 3.8) is 0 Å². The number of carbonyl (C=O) groups excluding carboxylic acids is 1. The average Bonchev–Trinajstić information content (AvgIpc) is 3.07. The van der Waals surface area contributed by atoms with Crippen molar-refractivity contribution in [1.29, 1.82) is 0 Å². The molecule has 4 aromatic rings. The van der Waals surface area contributed by atoms with Crippen LogP contribution in [0.15, 0.2) is 60.7 Å². The maximum Gasteiger partial charge on any atom is 0.255 e. The average molecular weight is 418 g/mol. The van der Waals surface area contributed by atoms with Crippen LogP contribution in [0, 0.1) is 0 Å². The summed E-state index contributed by atoms with van der Waals surface area (Å²) in [4.78, 5) is 13.9. The van der Waals surface area contributed by atoms with Crippen LogP contribution in [0.4, 0.5) is 5.69 Å². The van der Waals surface area contributed by atoms with Gasteiger partial charge in [-0.2, -0.15) is 4.80 Å². The minimum Gasteiger partial charge on any atom is -0.322 e. The Morgan fingerprint density at radius 1 is 0.852 bits per heavy atom. The molecule has 1 amide bonds. The van der Waals surface area contributed by atoms with Gasteiger partial charge in [0.1, 0.15) is 11.0 Å². The van der Waals surface area contributed by atoms with Gasteiger partial charge in [-0.3, -0.25) is 4.79 Å². The Balaban J connectivity index is 1.61. The van der Waals surface area contributed by atoms with Crippen LogP contribution in [-0.2, 0) is 0 Å². The molecule has 0 radical (unpaired) electrons. The highest BCUT2D eigenvalue weighted by Gasteiger charge is 2.11. The normalized spacial score (nSPS) is 10.9. The fraction of sp³-hybridized carbons (Fsp3) is 0. The molecular formula is C19H11Cl3N4O. The van der Waals surface area contributed by atoms with Crippen molar-refractivity contribution in [2.45, 2.75) is 0 Å². The number of hydrogen-bond acceptors (Lipinski definition) is 3. The van der Waals surface area contributed by atoms with E-state index in [9.17, 15) is 4.79 Å². The molecule has 0 fully saturated rings. The van der Waals surface area contributed by atoms with Crippen molar-refractivity contribution in [2.75, 3.05) is 5.32 Å². The lowest BCUT2D eigenvalue weighted by Crippen LogP contribution is -2.11.